The lowest BCUT2D eigenvalue weighted by atomic mass is 9.88. The molecule has 28 heavy (non-hydrogen) atoms. The fourth-order valence-electron chi connectivity index (χ4n) is 4.25. The summed E-state index contributed by atoms with van der Waals surface area (Å²) in [5.74, 6) is -0.161. The first-order valence-electron chi connectivity index (χ1n) is 10.2. The highest BCUT2D eigenvalue weighted by molar-refractivity contribution is 8.03. The van der Waals surface area contributed by atoms with E-state index < -0.39 is 0 Å². The summed E-state index contributed by atoms with van der Waals surface area (Å²) in [7, 11) is 0. The molecule has 4 rings (SSSR count). The van der Waals surface area contributed by atoms with Crippen LogP contribution in [0, 0.1) is 5.92 Å². The van der Waals surface area contributed by atoms with Crippen LogP contribution in [-0.4, -0.2) is 29.0 Å². The largest absolute Gasteiger partial charge is 0.294 e. The maximum atomic E-state index is 13.2. The van der Waals surface area contributed by atoms with Gasteiger partial charge in [-0.3, -0.25) is 19.3 Å². The van der Waals surface area contributed by atoms with Gasteiger partial charge in [-0.2, -0.15) is 0 Å². The van der Waals surface area contributed by atoms with Crippen molar-refractivity contribution in [3.63, 3.8) is 0 Å². The van der Waals surface area contributed by atoms with Crippen molar-refractivity contribution in [1.29, 1.82) is 0 Å². The lowest BCUT2D eigenvalue weighted by Crippen LogP contribution is -2.36. The number of benzene rings is 1. The minimum absolute atomic E-state index is 0.0169. The fraction of sp³-hybridized carbons (Fsp3) is 0.435. The predicted molar refractivity (Wildman–Crippen MR) is 110 cm³/mol. The molecule has 3 aliphatic rings. The van der Waals surface area contributed by atoms with Crippen molar-refractivity contribution in [1.82, 2.24) is 4.90 Å². The minimum atomic E-state index is -0.255. The first kappa shape index (κ1) is 19.2. The number of hydrogen-bond donors (Lipinski definition) is 0. The highest BCUT2D eigenvalue weighted by atomic mass is 32.2. The zero-order chi connectivity index (χ0) is 19.8. The van der Waals surface area contributed by atoms with Gasteiger partial charge < -0.3 is 0 Å². The molecule has 2 amide bonds. The third kappa shape index (κ3) is 3.16. The van der Waals surface area contributed by atoms with Crippen molar-refractivity contribution in [2.45, 2.75) is 57.3 Å². The van der Waals surface area contributed by atoms with Crippen LogP contribution in [0.2, 0.25) is 0 Å². The molecular weight excluding hydrogens is 370 g/mol. The standard InChI is InChI=1S/C23H25NO3S/c1-3-5-8-14(4-2)13-24-22(26)17-12-18(25)16-11-15-9-6-7-10-19(15)28-21(16)20(17)23(24)27/h6-7,9-10,14H,3-5,8,11-13H2,1-2H3. The zero-order valence-electron chi connectivity index (χ0n) is 16.4. The summed E-state index contributed by atoms with van der Waals surface area (Å²) in [5.41, 5.74) is 2.71. The van der Waals surface area contributed by atoms with E-state index in [9.17, 15) is 14.4 Å². The lowest BCUT2D eigenvalue weighted by Gasteiger charge is -2.25. The molecule has 1 aromatic carbocycles. The molecule has 4 nitrogen and oxygen atoms in total. The number of carbonyl (C=O) groups is 3. The molecule has 5 heteroatoms. The summed E-state index contributed by atoms with van der Waals surface area (Å²) < 4.78 is 0. The maximum Gasteiger partial charge on any atom is 0.262 e. The minimum Gasteiger partial charge on any atom is -0.294 e. The summed E-state index contributed by atoms with van der Waals surface area (Å²) in [6.07, 6.45) is 4.77. The summed E-state index contributed by atoms with van der Waals surface area (Å²) >= 11 is 1.47. The van der Waals surface area contributed by atoms with Gasteiger partial charge in [-0.25, -0.2) is 0 Å². The van der Waals surface area contributed by atoms with Gasteiger partial charge in [0.2, 0.25) is 0 Å². The molecule has 0 spiro atoms. The van der Waals surface area contributed by atoms with E-state index in [1.807, 2.05) is 24.3 Å². The zero-order valence-corrected chi connectivity index (χ0v) is 17.2. The van der Waals surface area contributed by atoms with E-state index in [0.29, 0.717) is 40.5 Å². The summed E-state index contributed by atoms with van der Waals surface area (Å²) in [5, 5.41) is 0. The molecule has 0 aromatic heterocycles. The molecule has 0 radical (unpaired) electrons. The van der Waals surface area contributed by atoms with Crippen LogP contribution in [0.4, 0.5) is 0 Å². The Labute approximate surface area is 170 Å². The lowest BCUT2D eigenvalue weighted by molar-refractivity contribution is -0.138. The van der Waals surface area contributed by atoms with E-state index >= 15 is 0 Å². The van der Waals surface area contributed by atoms with Crippen LogP contribution >= 0.6 is 11.8 Å². The number of imide groups is 1. The van der Waals surface area contributed by atoms with Gasteiger partial charge in [0.1, 0.15) is 0 Å². The maximum absolute atomic E-state index is 13.2. The van der Waals surface area contributed by atoms with Crippen molar-refractivity contribution in [2.75, 3.05) is 6.54 Å². The number of fused-ring (bicyclic) bond motifs is 2. The van der Waals surface area contributed by atoms with Crippen LogP contribution < -0.4 is 0 Å². The fourth-order valence-corrected chi connectivity index (χ4v) is 5.51. The van der Waals surface area contributed by atoms with Gasteiger partial charge >= 0.3 is 0 Å². The molecule has 0 fully saturated rings. The van der Waals surface area contributed by atoms with Gasteiger partial charge in [-0.05, 0) is 24.0 Å². The van der Waals surface area contributed by atoms with E-state index in [4.69, 9.17) is 0 Å². The number of rotatable bonds is 6. The second-order valence-corrected chi connectivity index (χ2v) is 8.84. The molecule has 0 saturated carbocycles. The molecule has 1 aromatic rings. The van der Waals surface area contributed by atoms with Crippen LogP contribution in [0.15, 0.2) is 50.8 Å². The molecule has 146 valence electrons. The summed E-state index contributed by atoms with van der Waals surface area (Å²) in [4.78, 5) is 42.2. The van der Waals surface area contributed by atoms with Crippen molar-refractivity contribution < 1.29 is 14.4 Å². The van der Waals surface area contributed by atoms with Crippen molar-refractivity contribution in [3.05, 3.63) is 51.5 Å². The summed E-state index contributed by atoms with van der Waals surface area (Å²) in [6, 6.07) is 7.97. The van der Waals surface area contributed by atoms with E-state index in [1.54, 1.807) is 0 Å². The number of ketones is 1. The molecule has 1 unspecified atom stereocenters. The number of unbranched alkanes of at least 4 members (excludes halogenated alkanes) is 1. The summed E-state index contributed by atoms with van der Waals surface area (Å²) in [6.45, 7) is 4.72. The Morgan fingerprint density at radius 2 is 1.82 bits per heavy atom. The van der Waals surface area contributed by atoms with Crippen LogP contribution in [0.3, 0.4) is 0 Å². The van der Waals surface area contributed by atoms with Crippen molar-refractivity contribution in [3.8, 4) is 0 Å². The second-order valence-electron chi connectivity index (χ2n) is 7.79. The molecule has 1 atom stereocenters. The third-order valence-electron chi connectivity index (χ3n) is 5.98. The second kappa shape index (κ2) is 7.70. The average Bonchev–Trinajstić information content (AvgIpc) is 2.94. The van der Waals surface area contributed by atoms with Gasteiger partial charge in [0.25, 0.3) is 11.8 Å². The van der Waals surface area contributed by atoms with Gasteiger partial charge in [-0.15, -0.1) is 0 Å². The first-order chi connectivity index (χ1) is 13.5. The topological polar surface area (TPSA) is 54.5 Å². The Bertz CT molecular complexity index is 928. The number of Topliss-reactive ketones (excluding diaryl/α,β-unsaturated/α-hetero) is 1. The van der Waals surface area contributed by atoms with Crippen LogP contribution in [0.1, 0.15) is 51.5 Å². The number of hydrogen-bond acceptors (Lipinski definition) is 4. The smallest absolute Gasteiger partial charge is 0.262 e. The van der Waals surface area contributed by atoms with Gasteiger partial charge in [-0.1, -0.05) is 63.1 Å². The third-order valence-corrected chi connectivity index (χ3v) is 7.25. The monoisotopic (exact) mass is 395 g/mol. The Hall–Kier alpha value is -2.14. The molecule has 0 bridgehead atoms. The Morgan fingerprint density at radius 1 is 1.04 bits per heavy atom. The first-order valence-corrected chi connectivity index (χ1v) is 11.0. The van der Waals surface area contributed by atoms with Crippen molar-refractivity contribution in [2.24, 2.45) is 5.92 Å². The van der Waals surface area contributed by atoms with Gasteiger partial charge in [0, 0.05) is 40.3 Å². The number of nitrogens with zero attached hydrogens (tertiary/aromatic N) is 1. The Balaban J connectivity index is 1.64. The quantitative estimate of drug-likeness (QED) is 0.668. The van der Waals surface area contributed by atoms with E-state index in [-0.39, 0.29) is 24.0 Å². The highest BCUT2D eigenvalue weighted by Crippen LogP contribution is 2.48. The van der Waals surface area contributed by atoms with Crippen LogP contribution in [0.5, 0.6) is 0 Å². The van der Waals surface area contributed by atoms with E-state index in [2.05, 4.69) is 13.8 Å². The Kier molecular flexibility index (Phi) is 5.28. The molecule has 0 saturated heterocycles. The molecule has 2 heterocycles. The molecule has 0 N–H and O–H groups in total. The average molecular weight is 396 g/mol. The van der Waals surface area contributed by atoms with E-state index in [1.165, 1.54) is 16.7 Å². The number of amides is 2. The highest BCUT2D eigenvalue weighted by Gasteiger charge is 2.45. The van der Waals surface area contributed by atoms with Crippen LogP contribution in [-0.2, 0) is 20.8 Å². The number of allylic oxidation sites excluding steroid dienone is 1. The van der Waals surface area contributed by atoms with Gasteiger partial charge in [0.05, 0.1) is 5.57 Å². The predicted octanol–water partition coefficient (Wildman–Crippen LogP) is 4.44. The normalized spacial score (nSPS) is 19.8. The molecular formula is C23H25NO3S. The van der Waals surface area contributed by atoms with E-state index in [0.717, 1.165) is 36.1 Å². The van der Waals surface area contributed by atoms with Crippen LogP contribution in [0.25, 0.3) is 0 Å². The molecule has 1 aliphatic carbocycles. The molecule has 2 aliphatic heterocycles. The number of carbonyl (C=O) groups excluding carboxylic acids is 3. The number of thioether (sulfide) groups is 1. The van der Waals surface area contributed by atoms with Crippen molar-refractivity contribution >= 4 is 29.4 Å². The van der Waals surface area contributed by atoms with Gasteiger partial charge in [0.15, 0.2) is 5.78 Å². The SMILES string of the molecule is CCCCC(CC)CN1C(=O)C2=C(C1=O)C1=C(Cc3ccccc3S1)C(=O)C2. The Morgan fingerprint density at radius 3 is 2.57 bits per heavy atom.